The smallest absolute Gasteiger partial charge is 0.253 e. The van der Waals surface area contributed by atoms with Gasteiger partial charge in [0.1, 0.15) is 0 Å². The molecule has 1 fully saturated rings. The van der Waals surface area contributed by atoms with E-state index in [1.54, 1.807) is 0 Å². The zero-order valence-electron chi connectivity index (χ0n) is 11.9. The topological polar surface area (TPSA) is 20.3 Å². The van der Waals surface area contributed by atoms with E-state index >= 15 is 0 Å². The molecular weight excluding hydrogens is 302 g/mol. The van der Waals surface area contributed by atoms with Crippen LogP contribution in [0.5, 0.6) is 0 Å². The molecule has 1 aliphatic heterocycles. The molecule has 0 aromatic heterocycles. The molecule has 0 radical (unpaired) electrons. The predicted molar refractivity (Wildman–Crippen MR) is 82.3 cm³/mol. The lowest BCUT2D eigenvalue weighted by Crippen LogP contribution is -2.39. The Balaban J connectivity index is 2.05. The van der Waals surface area contributed by atoms with Crippen molar-refractivity contribution in [2.45, 2.75) is 33.6 Å². The molecule has 2 nitrogen and oxygen atoms in total. The predicted octanol–water partition coefficient (Wildman–Crippen LogP) is 4.27. The van der Waals surface area contributed by atoms with Gasteiger partial charge in [0.15, 0.2) is 0 Å². The van der Waals surface area contributed by atoms with Crippen molar-refractivity contribution < 1.29 is 4.79 Å². The average molecular weight is 324 g/mol. The van der Waals surface area contributed by atoms with Crippen molar-refractivity contribution in [1.29, 1.82) is 0 Å². The molecule has 0 bridgehead atoms. The molecule has 104 valence electrons. The fourth-order valence-corrected chi connectivity index (χ4v) is 3.42. The molecule has 0 atom stereocenters. The van der Waals surface area contributed by atoms with Crippen LogP contribution in [0.1, 0.15) is 42.6 Å². The number of piperidine rings is 1. The number of likely N-dealkylation sites (tertiary alicyclic amines) is 1. The first-order chi connectivity index (χ1) is 8.97. The zero-order valence-corrected chi connectivity index (χ0v) is 13.5. The van der Waals surface area contributed by atoms with Crippen LogP contribution in [0.2, 0.25) is 0 Å². The van der Waals surface area contributed by atoms with Gasteiger partial charge in [0.2, 0.25) is 0 Å². The Hall–Kier alpha value is -0.830. The summed E-state index contributed by atoms with van der Waals surface area (Å²) in [6.45, 7) is 8.37. The minimum absolute atomic E-state index is 0.173. The first-order valence-corrected chi connectivity index (χ1v) is 7.83. The van der Waals surface area contributed by atoms with Crippen LogP contribution in [0.3, 0.4) is 0 Å². The molecule has 0 N–H and O–H groups in total. The van der Waals surface area contributed by atoms with Crippen LogP contribution >= 0.6 is 15.9 Å². The molecule has 1 heterocycles. The number of hydrogen-bond acceptors (Lipinski definition) is 1. The Morgan fingerprint density at radius 1 is 1.26 bits per heavy atom. The Morgan fingerprint density at radius 3 is 2.42 bits per heavy atom. The van der Waals surface area contributed by atoms with Gasteiger partial charge in [0.25, 0.3) is 5.91 Å². The van der Waals surface area contributed by atoms with Crippen LogP contribution in [0.15, 0.2) is 22.7 Å². The average Bonchev–Trinajstić information content (AvgIpc) is 2.37. The lowest BCUT2D eigenvalue weighted by Gasteiger charge is -2.34. The number of rotatable bonds is 2. The summed E-state index contributed by atoms with van der Waals surface area (Å²) < 4.78 is 0.980. The molecule has 19 heavy (non-hydrogen) atoms. The molecule has 1 aromatic carbocycles. The summed E-state index contributed by atoms with van der Waals surface area (Å²) in [4.78, 5) is 14.5. The maximum Gasteiger partial charge on any atom is 0.253 e. The molecule has 0 unspecified atom stereocenters. The van der Waals surface area contributed by atoms with Crippen molar-refractivity contribution in [1.82, 2.24) is 4.90 Å². The van der Waals surface area contributed by atoms with Gasteiger partial charge in [0.05, 0.1) is 0 Å². The number of halogens is 1. The highest BCUT2D eigenvalue weighted by Crippen LogP contribution is 2.26. The summed E-state index contributed by atoms with van der Waals surface area (Å²) in [6.07, 6.45) is 2.27. The summed E-state index contributed by atoms with van der Waals surface area (Å²) in [7, 11) is 0. The molecule has 1 aromatic rings. The molecule has 0 aliphatic carbocycles. The molecule has 1 saturated heterocycles. The number of amides is 1. The van der Waals surface area contributed by atoms with Crippen molar-refractivity contribution in [3.8, 4) is 0 Å². The van der Waals surface area contributed by atoms with Gasteiger partial charge in [-0.15, -0.1) is 0 Å². The molecule has 2 rings (SSSR count). The van der Waals surface area contributed by atoms with Crippen molar-refractivity contribution in [3.05, 3.63) is 33.8 Å². The van der Waals surface area contributed by atoms with Crippen molar-refractivity contribution in [2.24, 2.45) is 11.8 Å². The van der Waals surface area contributed by atoms with Crippen molar-refractivity contribution in [3.63, 3.8) is 0 Å². The Labute approximate surface area is 124 Å². The monoisotopic (exact) mass is 323 g/mol. The second-order valence-corrected chi connectivity index (χ2v) is 6.81. The Morgan fingerprint density at radius 2 is 1.89 bits per heavy atom. The normalized spacial score (nSPS) is 17.0. The number of carbonyl (C=O) groups is 1. The fraction of sp³-hybridized carbons (Fsp3) is 0.562. The first kappa shape index (κ1) is 14.6. The van der Waals surface area contributed by atoms with Crippen LogP contribution < -0.4 is 0 Å². The minimum atomic E-state index is 0.173. The molecule has 0 saturated carbocycles. The second kappa shape index (κ2) is 6.08. The third-order valence-electron chi connectivity index (χ3n) is 4.06. The van der Waals surface area contributed by atoms with E-state index in [1.807, 2.05) is 30.0 Å². The van der Waals surface area contributed by atoms with E-state index in [9.17, 15) is 4.79 Å². The molecule has 0 spiro atoms. The third kappa shape index (κ3) is 3.59. The van der Waals surface area contributed by atoms with Gasteiger partial charge in [-0.05, 0) is 55.4 Å². The summed E-state index contributed by atoms with van der Waals surface area (Å²) in [5, 5.41) is 0. The van der Waals surface area contributed by atoms with Crippen molar-refractivity contribution in [2.75, 3.05) is 13.1 Å². The maximum absolute atomic E-state index is 12.5. The standard InChI is InChI=1S/C16H22BrNO/c1-11(2)13-4-6-18(7-5-13)16(19)14-8-12(3)9-15(17)10-14/h8-11,13H,4-7H2,1-3H3. The molecular formula is C16H22BrNO. The SMILES string of the molecule is Cc1cc(Br)cc(C(=O)N2CCC(C(C)C)CC2)c1. The lowest BCUT2D eigenvalue weighted by atomic mass is 9.86. The van der Waals surface area contributed by atoms with Gasteiger partial charge >= 0.3 is 0 Å². The highest BCUT2D eigenvalue weighted by molar-refractivity contribution is 9.10. The number of hydrogen-bond donors (Lipinski definition) is 0. The highest BCUT2D eigenvalue weighted by Gasteiger charge is 2.25. The number of nitrogens with zero attached hydrogens (tertiary/aromatic N) is 1. The Bertz CT molecular complexity index is 442. The quantitative estimate of drug-likeness (QED) is 0.796. The summed E-state index contributed by atoms with van der Waals surface area (Å²) >= 11 is 3.46. The third-order valence-corrected chi connectivity index (χ3v) is 4.52. The van der Waals surface area contributed by atoms with Crippen LogP contribution in [0.4, 0.5) is 0 Å². The van der Waals surface area contributed by atoms with Gasteiger partial charge in [0, 0.05) is 23.1 Å². The van der Waals surface area contributed by atoms with E-state index in [0.717, 1.165) is 53.4 Å². The fourth-order valence-electron chi connectivity index (χ4n) is 2.81. The zero-order chi connectivity index (χ0) is 14.0. The van der Waals surface area contributed by atoms with Crippen LogP contribution in [-0.2, 0) is 0 Å². The van der Waals surface area contributed by atoms with Gasteiger partial charge in [-0.3, -0.25) is 4.79 Å². The van der Waals surface area contributed by atoms with Gasteiger partial charge in [-0.25, -0.2) is 0 Å². The highest BCUT2D eigenvalue weighted by atomic mass is 79.9. The summed E-state index contributed by atoms with van der Waals surface area (Å²) in [5.41, 5.74) is 1.92. The number of carbonyl (C=O) groups excluding carboxylic acids is 1. The molecule has 3 heteroatoms. The first-order valence-electron chi connectivity index (χ1n) is 7.04. The summed E-state index contributed by atoms with van der Waals surface area (Å²) in [5.74, 6) is 1.67. The summed E-state index contributed by atoms with van der Waals surface area (Å²) in [6, 6.07) is 5.92. The van der Waals surface area contributed by atoms with E-state index in [0.29, 0.717) is 0 Å². The number of aryl methyl sites for hydroxylation is 1. The van der Waals surface area contributed by atoms with Crippen LogP contribution in [-0.4, -0.2) is 23.9 Å². The van der Waals surface area contributed by atoms with Crippen molar-refractivity contribution >= 4 is 21.8 Å². The lowest BCUT2D eigenvalue weighted by molar-refractivity contribution is 0.0667. The van der Waals surface area contributed by atoms with E-state index in [1.165, 1.54) is 0 Å². The maximum atomic E-state index is 12.5. The van der Waals surface area contributed by atoms with Gasteiger partial charge < -0.3 is 4.90 Å². The van der Waals surface area contributed by atoms with Gasteiger partial charge in [-0.1, -0.05) is 29.8 Å². The molecule has 1 amide bonds. The number of benzene rings is 1. The Kier molecular flexibility index (Phi) is 4.67. The minimum Gasteiger partial charge on any atom is -0.339 e. The van der Waals surface area contributed by atoms with E-state index in [2.05, 4.69) is 29.8 Å². The molecule has 1 aliphatic rings. The van der Waals surface area contributed by atoms with Gasteiger partial charge in [-0.2, -0.15) is 0 Å². The van der Waals surface area contributed by atoms with E-state index in [-0.39, 0.29) is 5.91 Å². The van der Waals surface area contributed by atoms with Crippen LogP contribution in [0, 0.1) is 18.8 Å². The van der Waals surface area contributed by atoms with E-state index in [4.69, 9.17) is 0 Å². The largest absolute Gasteiger partial charge is 0.339 e. The second-order valence-electron chi connectivity index (χ2n) is 5.89. The van der Waals surface area contributed by atoms with Crippen LogP contribution in [0.25, 0.3) is 0 Å². The van der Waals surface area contributed by atoms with E-state index < -0.39 is 0 Å².